The Kier molecular flexibility index (Phi) is 3.37. The Morgan fingerprint density at radius 2 is 2.42 bits per heavy atom. The van der Waals surface area contributed by atoms with Crippen LogP contribution < -0.4 is 11.5 Å². The molecule has 4 N–H and O–H groups in total. The van der Waals surface area contributed by atoms with Crippen LogP contribution in [0.15, 0.2) is 23.4 Å². The number of rotatable bonds is 3. The summed E-state index contributed by atoms with van der Waals surface area (Å²) in [4.78, 5) is 4.15. The van der Waals surface area contributed by atoms with Gasteiger partial charge in [0.1, 0.15) is 5.03 Å². The van der Waals surface area contributed by atoms with Crippen molar-refractivity contribution in [2.45, 2.75) is 17.2 Å². The molecule has 1 aromatic heterocycles. The minimum atomic E-state index is 0.363. The van der Waals surface area contributed by atoms with Crippen molar-refractivity contribution in [1.82, 2.24) is 4.98 Å². The number of hydrogen-bond acceptors (Lipinski definition) is 4. The molecule has 4 heteroatoms. The van der Waals surface area contributed by atoms with Gasteiger partial charge in [0.15, 0.2) is 0 Å². The predicted octanol–water partition coefficient (Wildman–Crippen LogP) is 1.10. The fourth-order valence-corrected chi connectivity index (χ4v) is 1.54. The zero-order valence-electron chi connectivity index (χ0n) is 7.03. The van der Waals surface area contributed by atoms with Gasteiger partial charge in [0.25, 0.3) is 0 Å². The standard InChI is InChI=1S/C8H13N3S/c1-6(5-9)12-8-7(10)3-2-4-11-8/h2-4,6H,5,9-10H2,1H3. The molecule has 0 bridgehead atoms. The van der Waals surface area contributed by atoms with Crippen LogP contribution in [0.4, 0.5) is 5.69 Å². The Morgan fingerprint density at radius 3 is 3.00 bits per heavy atom. The fraction of sp³-hybridized carbons (Fsp3) is 0.375. The molecule has 0 aromatic carbocycles. The second-order valence-corrected chi connectivity index (χ2v) is 3.99. The maximum Gasteiger partial charge on any atom is 0.119 e. The van der Waals surface area contributed by atoms with Crippen molar-refractivity contribution in [2.75, 3.05) is 12.3 Å². The number of nitrogens with two attached hydrogens (primary N) is 2. The van der Waals surface area contributed by atoms with Crippen molar-refractivity contribution in [3.63, 3.8) is 0 Å². The van der Waals surface area contributed by atoms with Crippen LogP contribution in [0.3, 0.4) is 0 Å². The van der Waals surface area contributed by atoms with Gasteiger partial charge in [-0.15, -0.1) is 0 Å². The van der Waals surface area contributed by atoms with Crippen molar-refractivity contribution in [1.29, 1.82) is 0 Å². The lowest BCUT2D eigenvalue weighted by molar-refractivity contribution is 0.945. The van der Waals surface area contributed by atoms with Gasteiger partial charge in [-0.05, 0) is 12.1 Å². The Hall–Kier alpha value is -0.740. The molecule has 0 radical (unpaired) electrons. The van der Waals surface area contributed by atoms with Crippen LogP contribution in [0.2, 0.25) is 0 Å². The quantitative estimate of drug-likeness (QED) is 0.689. The highest BCUT2D eigenvalue weighted by molar-refractivity contribution is 8.00. The number of nitrogen functional groups attached to an aromatic ring is 1. The Labute approximate surface area is 76.5 Å². The molecule has 0 saturated carbocycles. The Bertz CT molecular complexity index is 252. The Morgan fingerprint density at radius 1 is 1.67 bits per heavy atom. The van der Waals surface area contributed by atoms with E-state index in [9.17, 15) is 0 Å². The number of nitrogens with zero attached hydrogens (tertiary/aromatic N) is 1. The van der Waals surface area contributed by atoms with E-state index in [4.69, 9.17) is 11.5 Å². The van der Waals surface area contributed by atoms with Gasteiger partial charge in [0.05, 0.1) is 5.69 Å². The minimum Gasteiger partial charge on any atom is -0.397 e. The van der Waals surface area contributed by atoms with Gasteiger partial charge in [-0.3, -0.25) is 0 Å². The maximum atomic E-state index is 5.70. The summed E-state index contributed by atoms with van der Waals surface area (Å²) in [6, 6.07) is 3.67. The lowest BCUT2D eigenvalue weighted by atomic mass is 10.4. The van der Waals surface area contributed by atoms with E-state index >= 15 is 0 Å². The molecule has 1 aromatic rings. The van der Waals surface area contributed by atoms with Gasteiger partial charge in [-0.1, -0.05) is 18.7 Å². The van der Waals surface area contributed by atoms with Crippen LogP contribution in [0.1, 0.15) is 6.92 Å². The second-order valence-electron chi connectivity index (χ2n) is 2.56. The number of aromatic nitrogens is 1. The summed E-state index contributed by atoms with van der Waals surface area (Å²) in [7, 11) is 0. The predicted molar refractivity (Wildman–Crippen MR) is 53.0 cm³/mol. The average Bonchev–Trinajstić information content (AvgIpc) is 2.09. The van der Waals surface area contributed by atoms with E-state index in [2.05, 4.69) is 11.9 Å². The summed E-state index contributed by atoms with van der Waals surface area (Å²) < 4.78 is 0. The van der Waals surface area contributed by atoms with Crippen LogP contribution in [-0.4, -0.2) is 16.8 Å². The smallest absolute Gasteiger partial charge is 0.119 e. The first-order valence-electron chi connectivity index (χ1n) is 3.81. The van der Waals surface area contributed by atoms with E-state index in [0.29, 0.717) is 11.8 Å². The summed E-state index contributed by atoms with van der Waals surface area (Å²) in [5, 5.41) is 1.23. The highest BCUT2D eigenvalue weighted by atomic mass is 32.2. The molecule has 1 atom stereocenters. The van der Waals surface area contributed by atoms with Crippen LogP contribution in [-0.2, 0) is 0 Å². The monoisotopic (exact) mass is 183 g/mol. The van der Waals surface area contributed by atoms with E-state index < -0.39 is 0 Å². The summed E-state index contributed by atoms with van der Waals surface area (Å²) in [5.41, 5.74) is 11.9. The van der Waals surface area contributed by atoms with Crippen molar-refractivity contribution in [3.8, 4) is 0 Å². The van der Waals surface area contributed by atoms with E-state index in [-0.39, 0.29) is 0 Å². The molecule has 0 saturated heterocycles. The number of thioether (sulfide) groups is 1. The van der Waals surface area contributed by atoms with Crippen LogP contribution in [0.5, 0.6) is 0 Å². The molecule has 1 unspecified atom stereocenters. The van der Waals surface area contributed by atoms with Crippen LogP contribution in [0, 0.1) is 0 Å². The molecule has 66 valence electrons. The zero-order chi connectivity index (χ0) is 8.97. The maximum absolute atomic E-state index is 5.70. The molecule has 0 spiro atoms. The largest absolute Gasteiger partial charge is 0.397 e. The number of hydrogen-bond donors (Lipinski definition) is 2. The highest BCUT2D eigenvalue weighted by Crippen LogP contribution is 2.24. The molecule has 0 aliphatic carbocycles. The molecule has 0 fully saturated rings. The van der Waals surface area contributed by atoms with E-state index in [1.165, 1.54) is 0 Å². The highest BCUT2D eigenvalue weighted by Gasteiger charge is 2.05. The molecule has 1 heterocycles. The Balaban J connectivity index is 2.69. The third-order valence-corrected chi connectivity index (χ3v) is 2.60. The molecule has 0 aliphatic heterocycles. The first kappa shape index (κ1) is 9.35. The zero-order valence-corrected chi connectivity index (χ0v) is 7.84. The van der Waals surface area contributed by atoms with Gasteiger partial charge < -0.3 is 11.5 Å². The molecular weight excluding hydrogens is 170 g/mol. The number of pyridine rings is 1. The first-order chi connectivity index (χ1) is 5.74. The first-order valence-corrected chi connectivity index (χ1v) is 4.69. The van der Waals surface area contributed by atoms with Gasteiger partial charge in [-0.2, -0.15) is 0 Å². The van der Waals surface area contributed by atoms with Crippen molar-refractivity contribution in [2.24, 2.45) is 5.73 Å². The van der Waals surface area contributed by atoms with E-state index in [1.807, 2.05) is 12.1 Å². The summed E-state index contributed by atoms with van der Waals surface area (Å²) in [6.45, 7) is 2.69. The third-order valence-electron chi connectivity index (χ3n) is 1.45. The van der Waals surface area contributed by atoms with Crippen molar-refractivity contribution < 1.29 is 0 Å². The molecular formula is C8H13N3S. The molecule has 0 aliphatic rings. The van der Waals surface area contributed by atoms with E-state index in [1.54, 1.807) is 18.0 Å². The topological polar surface area (TPSA) is 64.9 Å². The summed E-state index contributed by atoms with van der Waals surface area (Å²) in [5.74, 6) is 0. The normalized spacial score (nSPS) is 12.8. The van der Waals surface area contributed by atoms with Gasteiger partial charge in [0, 0.05) is 18.0 Å². The molecule has 0 amide bonds. The van der Waals surface area contributed by atoms with Gasteiger partial charge in [-0.25, -0.2) is 4.98 Å². The van der Waals surface area contributed by atoms with Crippen LogP contribution in [0.25, 0.3) is 0 Å². The SMILES string of the molecule is CC(CN)Sc1ncccc1N. The lowest BCUT2D eigenvalue weighted by Gasteiger charge is -2.08. The van der Waals surface area contributed by atoms with Crippen molar-refractivity contribution in [3.05, 3.63) is 18.3 Å². The van der Waals surface area contributed by atoms with Crippen molar-refractivity contribution >= 4 is 17.4 Å². The summed E-state index contributed by atoms with van der Waals surface area (Å²) >= 11 is 1.61. The molecule has 12 heavy (non-hydrogen) atoms. The molecule has 3 nitrogen and oxygen atoms in total. The lowest BCUT2D eigenvalue weighted by Crippen LogP contribution is -2.12. The number of anilines is 1. The third kappa shape index (κ3) is 2.39. The second kappa shape index (κ2) is 4.33. The van der Waals surface area contributed by atoms with E-state index in [0.717, 1.165) is 10.7 Å². The van der Waals surface area contributed by atoms with Crippen LogP contribution >= 0.6 is 11.8 Å². The minimum absolute atomic E-state index is 0.363. The summed E-state index contributed by atoms with van der Waals surface area (Å²) in [6.07, 6.45) is 1.74. The van der Waals surface area contributed by atoms with Gasteiger partial charge >= 0.3 is 0 Å². The fourth-order valence-electron chi connectivity index (χ4n) is 0.740. The average molecular weight is 183 g/mol. The van der Waals surface area contributed by atoms with Gasteiger partial charge in [0.2, 0.25) is 0 Å². The molecule has 1 rings (SSSR count).